The lowest BCUT2D eigenvalue weighted by molar-refractivity contribution is 0.949. The molecule has 19 heavy (non-hydrogen) atoms. The Kier molecular flexibility index (Phi) is 3.98. The van der Waals surface area contributed by atoms with Crippen molar-refractivity contribution >= 4 is 22.9 Å². The molecule has 0 spiro atoms. The maximum Gasteiger partial charge on any atom is 0.201 e. The van der Waals surface area contributed by atoms with Gasteiger partial charge in [0, 0.05) is 18.8 Å². The number of hydrazone groups is 1. The number of anilines is 2. The molecule has 98 valence electrons. The van der Waals surface area contributed by atoms with Gasteiger partial charge >= 0.3 is 0 Å². The van der Waals surface area contributed by atoms with Gasteiger partial charge in [0.15, 0.2) is 5.84 Å². The van der Waals surface area contributed by atoms with Gasteiger partial charge in [-0.1, -0.05) is 6.07 Å². The summed E-state index contributed by atoms with van der Waals surface area (Å²) in [7, 11) is 0. The normalized spacial score (nSPS) is 15.1. The van der Waals surface area contributed by atoms with Crippen LogP contribution in [0.4, 0.5) is 11.4 Å². The van der Waals surface area contributed by atoms with Crippen LogP contribution in [0.5, 0.6) is 0 Å². The number of nitrogens with two attached hydrogens (primary N) is 1. The van der Waals surface area contributed by atoms with E-state index in [0.29, 0.717) is 0 Å². The van der Waals surface area contributed by atoms with Crippen molar-refractivity contribution in [1.82, 2.24) is 0 Å². The van der Waals surface area contributed by atoms with Crippen LogP contribution in [0.25, 0.3) is 0 Å². The van der Waals surface area contributed by atoms with E-state index in [0.717, 1.165) is 24.5 Å². The molecule has 1 aliphatic heterocycles. The van der Waals surface area contributed by atoms with Crippen molar-refractivity contribution in [2.24, 2.45) is 10.8 Å². The third-order valence-corrected chi connectivity index (χ3v) is 2.98. The molecule has 0 radical (unpaired) electrons. The van der Waals surface area contributed by atoms with E-state index in [1.165, 1.54) is 12.8 Å². The molecule has 0 saturated carbocycles. The van der Waals surface area contributed by atoms with Crippen LogP contribution in [-0.2, 0) is 0 Å². The Morgan fingerprint density at radius 1 is 1.42 bits per heavy atom. The number of nitrogens with zero attached hydrogens (tertiary/aromatic N) is 3. The molecule has 0 aromatic heterocycles. The molecule has 6 heteroatoms. The summed E-state index contributed by atoms with van der Waals surface area (Å²) in [5.74, 6) is -0.342. The number of benzene rings is 1. The number of nitriles is 1. The number of amidine groups is 1. The molecule has 1 saturated heterocycles. The molecule has 1 aromatic rings. The molecule has 4 N–H and O–H groups in total. The molecule has 0 atom stereocenters. The van der Waals surface area contributed by atoms with Gasteiger partial charge in [-0.2, -0.15) is 10.4 Å². The molecule has 0 unspecified atom stereocenters. The number of hydrogen-bond acceptors (Lipinski definition) is 5. The fourth-order valence-corrected chi connectivity index (χ4v) is 2.01. The highest BCUT2D eigenvalue weighted by Gasteiger charge is 2.12. The topological polar surface area (TPSA) is 101 Å². The largest absolute Gasteiger partial charge is 0.382 e. The molecule has 1 aromatic carbocycles. The first kappa shape index (κ1) is 12.9. The molecular weight excluding hydrogens is 240 g/mol. The lowest BCUT2D eigenvalue weighted by Crippen LogP contribution is -2.22. The van der Waals surface area contributed by atoms with E-state index < -0.39 is 0 Å². The van der Waals surface area contributed by atoms with Crippen molar-refractivity contribution in [2.45, 2.75) is 12.8 Å². The maximum absolute atomic E-state index is 8.75. The van der Waals surface area contributed by atoms with Crippen LogP contribution in [0.2, 0.25) is 0 Å². The summed E-state index contributed by atoms with van der Waals surface area (Å²) in [4.78, 5) is 2.31. The first-order chi connectivity index (χ1) is 9.20. The molecule has 2 rings (SSSR count). The molecule has 0 amide bonds. The minimum absolute atomic E-state index is 0.119. The Hall–Kier alpha value is -2.55. The van der Waals surface area contributed by atoms with Gasteiger partial charge in [-0.25, -0.2) is 0 Å². The van der Waals surface area contributed by atoms with Gasteiger partial charge in [0.1, 0.15) is 6.07 Å². The van der Waals surface area contributed by atoms with Gasteiger partial charge in [0.2, 0.25) is 5.71 Å². The lowest BCUT2D eigenvalue weighted by atomic mass is 10.2. The van der Waals surface area contributed by atoms with E-state index in [9.17, 15) is 0 Å². The first-order valence-electron chi connectivity index (χ1n) is 6.14. The summed E-state index contributed by atoms with van der Waals surface area (Å²) in [5, 5.41) is 19.7. The van der Waals surface area contributed by atoms with Crippen molar-refractivity contribution in [1.29, 1.82) is 10.7 Å². The highest BCUT2D eigenvalue weighted by Crippen LogP contribution is 2.23. The average Bonchev–Trinajstić information content (AvgIpc) is 2.93. The monoisotopic (exact) mass is 256 g/mol. The highest BCUT2D eigenvalue weighted by atomic mass is 15.3. The second-order valence-corrected chi connectivity index (χ2v) is 4.34. The summed E-state index contributed by atoms with van der Waals surface area (Å²) in [5.41, 5.74) is 9.78. The van der Waals surface area contributed by atoms with E-state index in [2.05, 4.69) is 21.5 Å². The average molecular weight is 256 g/mol. The minimum atomic E-state index is -0.342. The fraction of sp³-hybridized carbons (Fsp3) is 0.308. The van der Waals surface area contributed by atoms with Crippen LogP contribution in [0, 0.1) is 16.7 Å². The zero-order valence-electron chi connectivity index (χ0n) is 10.6. The van der Waals surface area contributed by atoms with Gasteiger partial charge in [-0.3, -0.25) is 10.8 Å². The second-order valence-electron chi connectivity index (χ2n) is 4.34. The van der Waals surface area contributed by atoms with Crippen LogP contribution >= 0.6 is 0 Å². The summed E-state index contributed by atoms with van der Waals surface area (Å²) in [6.07, 6.45) is 2.44. The van der Waals surface area contributed by atoms with Crippen molar-refractivity contribution < 1.29 is 0 Å². The molecule has 6 nitrogen and oxygen atoms in total. The van der Waals surface area contributed by atoms with Crippen LogP contribution in [-0.4, -0.2) is 24.6 Å². The van der Waals surface area contributed by atoms with E-state index in [-0.39, 0.29) is 11.5 Å². The number of rotatable bonds is 4. The molecule has 1 fully saturated rings. The summed E-state index contributed by atoms with van der Waals surface area (Å²) < 4.78 is 0. The third-order valence-electron chi connectivity index (χ3n) is 2.98. The summed E-state index contributed by atoms with van der Waals surface area (Å²) in [6.45, 7) is 2.15. The predicted octanol–water partition coefficient (Wildman–Crippen LogP) is 1.51. The SMILES string of the molecule is N#C/C(=N\Nc1cccc(N2CCCC2)c1)C(=N)N. The summed E-state index contributed by atoms with van der Waals surface area (Å²) >= 11 is 0. The van der Waals surface area contributed by atoms with Gasteiger partial charge in [0.05, 0.1) is 5.69 Å². The zero-order valence-corrected chi connectivity index (χ0v) is 10.6. The molecule has 0 aliphatic carbocycles. The van der Waals surface area contributed by atoms with E-state index in [4.69, 9.17) is 16.4 Å². The smallest absolute Gasteiger partial charge is 0.201 e. The lowest BCUT2D eigenvalue weighted by Gasteiger charge is -2.18. The Labute approximate surface area is 112 Å². The van der Waals surface area contributed by atoms with Gasteiger partial charge in [-0.15, -0.1) is 0 Å². The van der Waals surface area contributed by atoms with Crippen molar-refractivity contribution in [3.63, 3.8) is 0 Å². The maximum atomic E-state index is 8.75. The van der Waals surface area contributed by atoms with Crippen LogP contribution in [0.15, 0.2) is 29.4 Å². The van der Waals surface area contributed by atoms with Crippen molar-refractivity contribution in [2.75, 3.05) is 23.4 Å². The van der Waals surface area contributed by atoms with Crippen LogP contribution in [0.1, 0.15) is 12.8 Å². The molecule has 0 bridgehead atoms. The quantitative estimate of drug-likeness (QED) is 0.432. The van der Waals surface area contributed by atoms with E-state index in [1.54, 1.807) is 6.07 Å². The van der Waals surface area contributed by atoms with E-state index >= 15 is 0 Å². The van der Waals surface area contributed by atoms with Gasteiger partial charge < -0.3 is 10.6 Å². The van der Waals surface area contributed by atoms with Crippen LogP contribution in [0.3, 0.4) is 0 Å². The molecule has 1 aliphatic rings. The molecule has 1 heterocycles. The third kappa shape index (κ3) is 3.22. The Morgan fingerprint density at radius 3 is 2.79 bits per heavy atom. The first-order valence-corrected chi connectivity index (χ1v) is 6.14. The zero-order chi connectivity index (χ0) is 13.7. The fourth-order valence-electron chi connectivity index (χ4n) is 2.01. The Morgan fingerprint density at radius 2 is 2.16 bits per heavy atom. The van der Waals surface area contributed by atoms with E-state index in [1.807, 2.05) is 18.2 Å². The van der Waals surface area contributed by atoms with Gasteiger partial charge in [-0.05, 0) is 31.0 Å². The van der Waals surface area contributed by atoms with Crippen molar-refractivity contribution in [3.05, 3.63) is 24.3 Å². The van der Waals surface area contributed by atoms with Crippen molar-refractivity contribution in [3.8, 4) is 6.07 Å². The standard InChI is InChI=1S/C13H16N6/c14-9-12(13(15)16)18-17-10-4-3-5-11(8-10)19-6-1-2-7-19/h3-5,8,17H,1-2,6-7H2,(H3,15,16)/b18-12+. The number of nitrogens with one attached hydrogen (secondary N) is 2. The Balaban J connectivity index is 2.11. The Bertz CT molecular complexity index is 536. The number of hydrogen-bond donors (Lipinski definition) is 3. The predicted molar refractivity (Wildman–Crippen MR) is 76.5 cm³/mol. The summed E-state index contributed by atoms with van der Waals surface area (Å²) in [6, 6.07) is 9.59. The molecular formula is C13H16N6. The minimum Gasteiger partial charge on any atom is -0.382 e. The van der Waals surface area contributed by atoms with Gasteiger partial charge in [0.25, 0.3) is 0 Å². The van der Waals surface area contributed by atoms with Crippen LogP contribution < -0.4 is 16.1 Å². The highest BCUT2D eigenvalue weighted by molar-refractivity contribution is 6.45. The second kappa shape index (κ2) is 5.87.